The van der Waals surface area contributed by atoms with E-state index in [2.05, 4.69) is 0 Å². The monoisotopic (exact) mass is 434 g/mol. The van der Waals surface area contributed by atoms with Crippen molar-refractivity contribution in [3.63, 3.8) is 0 Å². The third-order valence-corrected chi connectivity index (χ3v) is 5.10. The van der Waals surface area contributed by atoms with Gasteiger partial charge in [0.25, 0.3) is 17.4 Å². The predicted octanol–water partition coefficient (Wildman–Crippen LogP) is 4.07. The summed E-state index contributed by atoms with van der Waals surface area (Å²) in [6, 6.07) is 14.6. The number of hydrogen-bond donors (Lipinski definition) is 2. The second kappa shape index (κ2) is 7.95. The van der Waals surface area contributed by atoms with Crippen LogP contribution in [0.1, 0.15) is 17.2 Å². The Labute approximate surface area is 180 Å². The lowest BCUT2D eigenvalue weighted by atomic mass is 9.95. The second-order valence-electron chi connectivity index (χ2n) is 7.02. The maximum Gasteiger partial charge on any atom is 0.300 e. The van der Waals surface area contributed by atoms with Crippen LogP contribution >= 0.6 is 0 Å². The number of para-hydroxylation sites is 2. The predicted molar refractivity (Wildman–Crippen MR) is 112 cm³/mol. The topological polar surface area (TPSA) is 121 Å². The Morgan fingerprint density at radius 1 is 1.00 bits per heavy atom. The largest absolute Gasteiger partial charge is 0.507 e. The molecule has 1 aliphatic rings. The van der Waals surface area contributed by atoms with Crippen LogP contribution < -0.4 is 4.90 Å². The van der Waals surface area contributed by atoms with Crippen molar-refractivity contribution < 1.29 is 29.1 Å². The Kier molecular flexibility index (Phi) is 5.15. The van der Waals surface area contributed by atoms with Gasteiger partial charge in [-0.15, -0.1) is 0 Å². The number of phenols is 1. The van der Waals surface area contributed by atoms with E-state index in [-0.39, 0.29) is 28.3 Å². The minimum Gasteiger partial charge on any atom is -0.507 e. The van der Waals surface area contributed by atoms with Gasteiger partial charge in [-0.05, 0) is 29.8 Å². The van der Waals surface area contributed by atoms with Gasteiger partial charge in [0.1, 0.15) is 17.3 Å². The van der Waals surface area contributed by atoms with Gasteiger partial charge in [0.05, 0.1) is 22.2 Å². The minimum atomic E-state index is -1.21. The molecule has 1 amide bonds. The first-order chi connectivity index (χ1) is 15.3. The van der Waals surface area contributed by atoms with Gasteiger partial charge in [0.15, 0.2) is 0 Å². The number of nitro groups is 1. The molecule has 1 heterocycles. The van der Waals surface area contributed by atoms with Gasteiger partial charge < -0.3 is 10.2 Å². The van der Waals surface area contributed by atoms with E-state index in [1.165, 1.54) is 48.5 Å². The van der Waals surface area contributed by atoms with E-state index in [1.54, 1.807) is 6.07 Å². The van der Waals surface area contributed by atoms with Crippen molar-refractivity contribution in [2.24, 2.45) is 0 Å². The van der Waals surface area contributed by atoms with E-state index in [9.17, 15) is 34.3 Å². The maximum absolute atomic E-state index is 13.5. The van der Waals surface area contributed by atoms with Crippen molar-refractivity contribution >= 4 is 28.8 Å². The summed E-state index contributed by atoms with van der Waals surface area (Å²) >= 11 is 0. The van der Waals surface area contributed by atoms with E-state index >= 15 is 0 Å². The summed E-state index contributed by atoms with van der Waals surface area (Å²) in [5, 5.41) is 32.4. The Bertz CT molecular complexity index is 1290. The third kappa shape index (κ3) is 3.45. The van der Waals surface area contributed by atoms with Gasteiger partial charge in [-0.1, -0.05) is 36.4 Å². The fraction of sp³-hybridized carbons (Fsp3) is 0.0435. The number of ketones is 1. The molecule has 0 bridgehead atoms. The number of halogens is 1. The number of amides is 1. The van der Waals surface area contributed by atoms with Gasteiger partial charge >= 0.3 is 0 Å². The van der Waals surface area contributed by atoms with Crippen LogP contribution in [0, 0.1) is 15.9 Å². The van der Waals surface area contributed by atoms with E-state index in [1.807, 2.05) is 0 Å². The highest BCUT2D eigenvalue weighted by Crippen LogP contribution is 2.44. The van der Waals surface area contributed by atoms with Crippen molar-refractivity contribution in [2.45, 2.75) is 6.04 Å². The van der Waals surface area contributed by atoms with Crippen molar-refractivity contribution in [1.82, 2.24) is 0 Å². The molecule has 160 valence electrons. The van der Waals surface area contributed by atoms with Crippen LogP contribution in [0.15, 0.2) is 78.4 Å². The third-order valence-electron chi connectivity index (χ3n) is 5.10. The number of nitrogens with zero attached hydrogens (tertiary/aromatic N) is 2. The number of carbonyl (C=O) groups excluding carboxylic acids is 2. The van der Waals surface area contributed by atoms with E-state index in [0.717, 1.165) is 23.1 Å². The van der Waals surface area contributed by atoms with Crippen LogP contribution in [0.25, 0.3) is 5.76 Å². The normalized spacial score (nSPS) is 17.5. The molecule has 0 aromatic heterocycles. The highest BCUT2D eigenvalue weighted by atomic mass is 19.1. The number of phenolic OH excluding ortho intramolecular Hbond substituents is 1. The molecule has 0 radical (unpaired) electrons. The highest BCUT2D eigenvalue weighted by molar-refractivity contribution is 6.51. The van der Waals surface area contributed by atoms with Crippen molar-refractivity contribution in [2.75, 3.05) is 4.90 Å². The summed E-state index contributed by atoms with van der Waals surface area (Å²) < 4.78 is 13.5. The summed E-state index contributed by atoms with van der Waals surface area (Å²) in [6.07, 6.45) is 0. The quantitative estimate of drug-likeness (QED) is 0.210. The molecule has 4 rings (SSSR count). The molecule has 1 fully saturated rings. The maximum atomic E-state index is 13.5. The lowest BCUT2D eigenvalue weighted by Gasteiger charge is -2.26. The minimum absolute atomic E-state index is 0.0158. The Morgan fingerprint density at radius 3 is 2.34 bits per heavy atom. The Balaban J connectivity index is 1.97. The molecule has 2 N–H and O–H groups in total. The number of non-ortho nitro benzene ring substituents is 1. The molecule has 9 heteroatoms. The molecule has 0 spiro atoms. The van der Waals surface area contributed by atoms with E-state index in [4.69, 9.17) is 0 Å². The zero-order valence-electron chi connectivity index (χ0n) is 16.3. The Hall–Kier alpha value is -4.53. The molecule has 0 saturated carbocycles. The number of anilines is 1. The first kappa shape index (κ1) is 20.7. The SMILES string of the molecule is O=C1C(=O)N(c2ccccc2O)C(c2ccc(F)cc2)/C1=C(/O)c1cccc([N+](=O)[O-])c1. The number of rotatable bonds is 4. The molecule has 3 aromatic rings. The highest BCUT2D eigenvalue weighted by Gasteiger charge is 2.47. The molecule has 0 aliphatic carbocycles. The van der Waals surface area contributed by atoms with Crippen molar-refractivity contribution in [1.29, 1.82) is 0 Å². The standard InChI is InChI=1S/C23H15FN2O6/c24-15-10-8-13(9-11-15)20-19(21(28)14-4-3-5-16(12-14)26(31)32)22(29)23(30)25(20)17-6-1-2-7-18(17)27/h1-12,20,27-28H/b21-19-. The smallest absolute Gasteiger partial charge is 0.300 e. The zero-order valence-corrected chi connectivity index (χ0v) is 16.3. The van der Waals surface area contributed by atoms with E-state index in [0.29, 0.717) is 5.56 Å². The summed E-state index contributed by atoms with van der Waals surface area (Å²) in [4.78, 5) is 37.4. The molecular weight excluding hydrogens is 419 g/mol. The molecule has 1 aliphatic heterocycles. The fourth-order valence-corrected chi connectivity index (χ4v) is 3.63. The summed E-state index contributed by atoms with van der Waals surface area (Å²) in [7, 11) is 0. The van der Waals surface area contributed by atoms with Crippen molar-refractivity contribution in [3.05, 3.63) is 105 Å². The fourth-order valence-electron chi connectivity index (χ4n) is 3.63. The van der Waals surface area contributed by atoms with Crippen LogP contribution in [-0.2, 0) is 9.59 Å². The molecule has 1 unspecified atom stereocenters. The van der Waals surface area contributed by atoms with Crippen LogP contribution in [-0.4, -0.2) is 26.8 Å². The molecule has 1 saturated heterocycles. The number of aromatic hydroxyl groups is 1. The number of carbonyl (C=O) groups is 2. The molecule has 32 heavy (non-hydrogen) atoms. The first-order valence-electron chi connectivity index (χ1n) is 9.39. The van der Waals surface area contributed by atoms with Gasteiger partial charge in [-0.2, -0.15) is 0 Å². The number of aliphatic hydroxyl groups excluding tert-OH is 1. The number of nitro benzene ring substituents is 1. The second-order valence-corrected chi connectivity index (χ2v) is 7.02. The number of aliphatic hydroxyl groups is 1. The number of Topliss-reactive ketones (excluding diaryl/α,β-unsaturated/α-hetero) is 1. The van der Waals surface area contributed by atoms with Crippen LogP contribution in [0.3, 0.4) is 0 Å². The average Bonchev–Trinajstić information content (AvgIpc) is 3.05. The van der Waals surface area contributed by atoms with E-state index < -0.39 is 34.2 Å². The summed E-state index contributed by atoms with van der Waals surface area (Å²) in [6.45, 7) is 0. The van der Waals surface area contributed by atoms with Crippen LogP contribution in [0.4, 0.5) is 15.8 Å². The number of benzene rings is 3. The Morgan fingerprint density at radius 2 is 1.69 bits per heavy atom. The average molecular weight is 434 g/mol. The zero-order chi connectivity index (χ0) is 23.0. The first-order valence-corrected chi connectivity index (χ1v) is 9.39. The number of hydrogen-bond acceptors (Lipinski definition) is 6. The lowest BCUT2D eigenvalue weighted by molar-refractivity contribution is -0.384. The van der Waals surface area contributed by atoms with Gasteiger partial charge in [-0.25, -0.2) is 4.39 Å². The summed E-state index contributed by atoms with van der Waals surface area (Å²) in [5.41, 5.74) is -0.392. The van der Waals surface area contributed by atoms with Crippen LogP contribution in [0.5, 0.6) is 5.75 Å². The van der Waals surface area contributed by atoms with Crippen molar-refractivity contribution in [3.8, 4) is 5.75 Å². The molecule has 8 nitrogen and oxygen atoms in total. The molecule has 3 aromatic carbocycles. The van der Waals surface area contributed by atoms with Gasteiger partial charge in [0, 0.05) is 17.7 Å². The van der Waals surface area contributed by atoms with Crippen LogP contribution in [0.2, 0.25) is 0 Å². The summed E-state index contributed by atoms with van der Waals surface area (Å²) in [5.74, 6) is -3.53. The molecule has 1 atom stereocenters. The van der Waals surface area contributed by atoms with Gasteiger partial charge in [-0.3, -0.25) is 24.6 Å². The van der Waals surface area contributed by atoms with Gasteiger partial charge in [0.2, 0.25) is 0 Å². The molecular formula is C23H15FN2O6. The lowest BCUT2D eigenvalue weighted by Crippen LogP contribution is -2.29.